The normalized spacial score (nSPS) is 14.7. The molecule has 1 atom stereocenters. The Morgan fingerprint density at radius 2 is 1.84 bits per heavy atom. The molecular formula is C13H19NO4S. The lowest BCUT2D eigenvalue weighted by molar-refractivity contribution is -0.144. The molecule has 0 amide bonds. The fourth-order valence-corrected chi connectivity index (χ4v) is 2.33. The molecule has 0 bridgehead atoms. The lowest BCUT2D eigenvalue weighted by Crippen LogP contribution is -2.36. The van der Waals surface area contributed by atoms with Crippen LogP contribution < -0.4 is 5.73 Å². The molecule has 2 N–H and O–H groups in total. The first-order chi connectivity index (χ1) is 8.66. The Kier molecular flexibility index (Phi) is 4.70. The van der Waals surface area contributed by atoms with Gasteiger partial charge in [0.25, 0.3) is 0 Å². The summed E-state index contributed by atoms with van der Waals surface area (Å²) < 4.78 is 27.6. The van der Waals surface area contributed by atoms with Crippen LogP contribution in [-0.4, -0.2) is 27.2 Å². The van der Waals surface area contributed by atoms with E-state index in [2.05, 4.69) is 0 Å². The van der Waals surface area contributed by atoms with Gasteiger partial charge in [0.05, 0.1) is 17.9 Å². The molecule has 6 heteroatoms. The van der Waals surface area contributed by atoms with E-state index in [4.69, 9.17) is 10.5 Å². The first-order valence-electron chi connectivity index (χ1n) is 5.92. The Labute approximate surface area is 113 Å². The van der Waals surface area contributed by atoms with Crippen molar-refractivity contribution in [3.05, 3.63) is 29.8 Å². The summed E-state index contributed by atoms with van der Waals surface area (Å²) in [6, 6.07) is 6.22. The van der Waals surface area contributed by atoms with E-state index in [1.807, 2.05) is 0 Å². The maximum absolute atomic E-state index is 11.5. The minimum atomic E-state index is -3.23. The molecule has 0 heterocycles. The van der Waals surface area contributed by atoms with Gasteiger partial charge in [0.1, 0.15) is 0 Å². The van der Waals surface area contributed by atoms with Gasteiger partial charge in [0.15, 0.2) is 9.84 Å². The van der Waals surface area contributed by atoms with Crippen LogP contribution in [0.25, 0.3) is 0 Å². The number of esters is 1. The van der Waals surface area contributed by atoms with E-state index in [9.17, 15) is 13.2 Å². The highest BCUT2D eigenvalue weighted by molar-refractivity contribution is 7.90. The zero-order valence-corrected chi connectivity index (χ0v) is 12.2. The number of ether oxygens (including phenoxy) is 1. The highest BCUT2D eigenvalue weighted by Crippen LogP contribution is 2.23. The molecule has 0 saturated carbocycles. The fourth-order valence-electron chi connectivity index (χ4n) is 1.70. The molecule has 0 aromatic heterocycles. The van der Waals surface area contributed by atoms with Crippen molar-refractivity contribution in [2.24, 2.45) is 5.73 Å². The van der Waals surface area contributed by atoms with Crippen LogP contribution in [0.5, 0.6) is 0 Å². The van der Waals surface area contributed by atoms with Gasteiger partial charge in [0.2, 0.25) is 0 Å². The third-order valence-corrected chi connectivity index (χ3v) is 3.89. The van der Waals surface area contributed by atoms with Crippen LogP contribution in [-0.2, 0) is 24.9 Å². The molecule has 106 valence electrons. The van der Waals surface area contributed by atoms with Crippen molar-refractivity contribution in [1.29, 1.82) is 0 Å². The zero-order chi connectivity index (χ0) is 14.7. The number of hydrogen-bond donors (Lipinski definition) is 1. The SMILES string of the molecule is CCOC(=O)CC(C)(N)c1ccc(S(C)(=O)=O)cc1. The summed E-state index contributed by atoms with van der Waals surface area (Å²) in [5, 5.41) is 0. The van der Waals surface area contributed by atoms with E-state index in [1.54, 1.807) is 26.0 Å². The molecule has 1 aromatic carbocycles. The average Bonchev–Trinajstić information content (AvgIpc) is 2.27. The molecule has 0 aliphatic rings. The monoisotopic (exact) mass is 285 g/mol. The highest BCUT2D eigenvalue weighted by atomic mass is 32.2. The number of hydrogen-bond acceptors (Lipinski definition) is 5. The van der Waals surface area contributed by atoms with Gasteiger partial charge in [-0.05, 0) is 31.5 Å². The van der Waals surface area contributed by atoms with Crippen molar-refractivity contribution in [2.45, 2.75) is 30.7 Å². The van der Waals surface area contributed by atoms with Gasteiger partial charge in [0, 0.05) is 11.8 Å². The average molecular weight is 285 g/mol. The molecule has 1 aromatic rings. The van der Waals surface area contributed by atoms with Crippen LogP contribution in [0.15, 0.2) is 29.2 Å². The Bertz CT molecular complexity index is 547. The second kappa shape index (κ2) is 5.71. The van der Waals surface area contributed by atoms with Gasteiger partial charge in [-0.1, -0.05) is 12.1 Å². The standard InChI is InChI=1S/C13H19NO4S/c1-4-18-12(15)9-13(2,14)10-5-7-11(8-6-10)19(3,16)17/h5-8H,4,9,14H2,1-3H3. The number of carbonyl (C=O) groups excluding carboxylic acids is 1. The van der Waals surface area contributed by atoms with Crippen molar-refractivity contribution in [3.63, 3.8) is 0 Å². The summed E-state index contributed by atoms with van der Waals surface area (Å²) >= 11 is 0. The van der Waals surface area contributed by atoms with Crippen LogP contribution in [0.1, 0.15) is 25.8 Å². The van der Waals surface area contributed by atoms with E-state index < -0.39 is 15.4 Å². The molecule has 0 spiro atoms. The molecule has 1 rings (SSSR count). The number of benzene rings is 1. The lowest BCUT2D eigenvalue weighted by Gasteiger charge is -2.24. The van der Waals surface area contributed by atoms with E-state index in [-0.39, 0.29) is 17.3 Å². The third-order valence-electron chi connectivity index (χ3n) is 2.76. The van der Waals surface area contributed by atoms with E-state index in [0.717, 1.165) is 6.26 Å². The Morgan fingerprint density at radius 1 is 1.32 bits per heavy atom. The predicted molar refractivity (Wildman–Crippen MR) is 72.3 cm³/mol. The Balaban J connectivity index is 2.93. The molecule has 19 heavy (non-hydrogen) atoms. The van der Waals surface area contributed by atoms with Gasteiger partial charge in [-0.2, -0.15) is 0 Å². The maximum Gasteiger partial charge on any atom is 0.307 e. The van der Waals surface area contributed by atoms with Gasteiger partial charge in [-0.25, -0.2) is 8.42 Å². The minimum Gasteiger partial charge on any atom is -0.466 e. The minimum absolute atomic E-state index is 0.0407. The summed E-state index contributed by atoms with van der Waals surface area (Å²) in [6.07, 6.45) is 1.18. The van der Waals surface area contributed by atoms with Crippen LogP contribution in [0.2, 0.25) is 0 Å². The van der Waals surface area contributed by atoms with Crippen molar-refractivity contribution in [1.82, 2.24) is 0 Å². The summed E-state index contributed by atoms with van der Waals surface area (Å²) in [7, 11) is -3.23. The molecule has 0 aliphatic carbocycles. The van der Waals surface area contributed by atoms with Crippen molar-refractivity contribution >= 4 is 15.8 Å². The van der Waals surface area contributed by atoms with Crippen LogP contribution in [0, 0.1) is 0 Å². The number of nitrogens with two attached hydrogens (primary N) is 1. The van der Waals surface area contributed by atoms with E-state index >= 15 is 0 Å². The molecule has 1 unspecified atom stereocenters. The van der Waals surface area contributed by atoms with Crippen molar-refractivity contribution in [2.75, 3.05) is 12.9 Å². The van der Waals surface area contributed by atoms with E-state index in [1.165, 1.54) is 12.1 Å². The quantitative estimate of drug-likeness (QED) is 0.822. The van der Waals surface area contributed by atoms with Crippen LogP contribution in [0.3, 0.4) is 0 Å². The molecule has 0 aliphatic heterocycles. The highest BCUT2D eigenvalue weighted by Gasteiger charge is 2.26. The molecule has 0 fully saturated rings. The third kappa shape index (κ3) is 4.33. The van der Waals surface area contributed by atoms with Gasteiger partial charge < -0.3 is 10.5 Å². The smallest absolute Gasteiger partial charge is 0.307 e. The first kappa shape index (κ1) is 15.7. The number of carbonyl (C=O) groups is 1. The summed E-state index contributed by atoms with van der Waals surface area (Å²) in [5.41, 5.74) is 5.88. The molecule has 0 saturated heterocycles. The lowest BCUT2D eigenvalue weighted by atomic mass is 9.90. The molecule has 0 radical (unpaired) electrons. The molecular weight excluding hydrogens is 266 g/mol. The number of sulfone groups is 1. The van der Waals surface area contributed by atoms with E-state index in [0.29, 0.717) is 12.2 Å². The largest absolute Gasteiger partial charge is 0.466 e. The summed E-state index contributed by atoms with van der Waals surface area (Å²) in [4.78, 5) is 11.7. The summed E-state index contributed by atoms with van der Waals surface area (Å²) in [6.45, 7) is 3.74. The van der Waals surface area contributed by atoms with Crippen molar-refractivity contribution in [3.8, 4) is 0 Å². The number of rotatable bonds is 5. The topological polar surface area (TPSA) is 86.5 Å². The second-order valence-electron chi connectivity index (χ2n) is 4.70. The van der Waals surface area contributed by atoms with Crippen LogP contribution >= 0.6 is 0 Å². The fraction of sp³-hybridized carbons (Fsp3) is 0.462. The van der Waals surface area contributed by atoms with Gasteiger partial charge >= 0.3 is 5.97 Å². The van der Waals surface area contributed by atoms with Crippen LogP contribution in [0.4, 0.5) is 0 Å². The Hall–Kier alpha value is -1.40. The van der Waals surface area contributed by atoms with Gasteiger partial charge in [-0.3, -0.25) is 4.79 Å². The van der Waals surface area contributed by atoms with Gasteiger partial charge in [-0.15, -0.1) is 0 Å². The second-order valence-corrected chi connectivity index (χ2v) is 6.71. The Morgan fingerprint density at radius 3 is 2.26 bits per heavy atom. The maximum atomic E-state index is 11.5. The van der Waals surface area contributed by atoms with Crippen molar-refractivity contribution < 1.29 is 17.9 Å². The predicted octanol–water partition coefficient (Wildman–Crippen LogP) is 1.22. The first-order valence-corrected chi connectivity index (χ1v) is 7.81. The molecule has 5 nitrogen and oxygen atoms in total. The summed E-state index contributed by atoms with van der Waals surface area (Å²) in [5.74, 6) is -0.375. The zero-order valence-electron chi connectivity index (χ0n) is 11.3.